The van der Waals surface area contributed by atoms with Gasteiger partial charge in [-0.3, -0.25) is 0 Å². The van der Waals surface area contributed by atoms with Gasteiger partial charge in [-0.1, -0.05) is 48.5 Å². The molecule has 4 nitrogen and oxygen atoms in total. The van der Waals surface area contributed by atoms with Crippen molar-refractivity contribution in [3.8, 4) is 5.75 Å². The molecule has 0 spiro atoms. The fraction of sp³-hybridized carbons (Fsp3) is 0.0476. The van der Waals surface area contributed by atoms with Gasteiger partial charge in [0.05, 0.1) is 4.88 Å². The van der Waals surface area contributed by atoms with Gasteiger partial charge >= 0.3 is 5.97 Å². The molecule has 1 aliphatic rings. The lowest BCUT2D eigenvalue weighted by Crippen LogP contribution is -2.03. The van der Waals surface area contributed by atoms with Crippen LogP contribution >= 0.6 is 11.3 Å². The monoisotopic (exact) mass is 361 g/mol. The predicted octanol–water partition coefficient (Wildman–Crippen LogP) is 4.67. The first-order valence-corrected chi connectivity index (χ1v) is 8.99. The van der Waals surface area contributed by atoms with Gasteiger partial charge < -0.3 is 9.47 Å². The van der Waals surface area contributed by atoms with E-state index in [1.54, 1.807) is 6.08 Å². The summed E-state index contributed by atoms with van der Waals surface area (Å²) in [5.41, 5.74) is 2.22. The van der Waals surface area contributed by atoms with E-state index in [1.165, 1.54) is 11.3 Å². The van der Waals surface area contributed by atoms with Gasteiger partial charge in [0.1, 0.15) is 12.4 Å². The van der Waals surface area contributed by atoms with Gasteiger partial charge in [-0.05, 0) is 40.8 Å². The third-order valence-electron chi connectivity index (χ3n) is 3.76. The number of aliphatic imine (C=N–C) groups is 1. The number of rotatable bonds is 5. The Morgan fingerprint density at radius 2 is 1.92 bits per heavy atom. The van der Waals surface area contributed by atoms with Crippen molar-refractivity contribution >= 4 is 29.3 Å². The molecule has 2 heterocycles. The molecule has 0 unspecified atom stereocenters. The van der Waals surface area contributed by atoms with E-state index in [-0.39, 0.29) is 5.70 Å². The van der Waals surface area contributed by atoms with Crippen LogP contribution in [0.4, 0.5) is 0 Å². The molecule has 0 bridgehead atoms. The number of cyclic esters (lactones) is 1. The normalized spacial score (nSPS) is 15.0. The molecule has 4 rings (SSSR count). The summed E-state index contributed by atoms with van der Waals surface area (Å²) in [4.78, 5) is 17.2. The Kier molecular flexibility index (Phi) is 4.62. The summed E-state index contributed by atoms with van der Waals surface area (Å²) >= 11 is 1.48. The van der Waals surface area contributed by atoms with Crippen LogP contribution in [0.15, 0.2) is 82.8 Å². The third kappa shape index (κ3) is 3.73. The minimum absolute atomic E-state index is 0.286. The molecule has 0 N–H and O–H groups in total. The SMILES string of the molecule is O=C1OC(c2cccs2)=N/C1=C/c1cccc(OCc2ccccc2)c1. The molecule has 0 saturated heterocycles. The second-order valence-electron chi connectivity index (χ2n) is 5.66. The average Bonchev–Trinajstić information content (AvgIpc) is 3.32. The molecule has 0 atom stereocenters. The molecule has 0 radical (unpaired) electrons. The molecule has 0 saturated carbocycles. The van der Waals surface area contributed by atoms with Gasteiger partial charge in [-0.25, -0.2) is 9.79 Å². The van der Waals surface area contributed by atoms with Crippen molar-refractivity contribution in [2.24, 2.45) is 4.99 Å². The summed E-state index contributed by atoms with van der Waals surface area (Å²) in [5, 5.41) is 1.92. The lowest BCUT2D eigenvalue weighted by Gasteiger charge is -2.07. The zero-order chi connectivity index (χ0) is 17.8. The molecule has 0 fully saturated rings. The maximum Gasteiger partial charge on any atom is 0.363 e. The molecular formula is C21H15NO3S. The maximum absolute atomic E-state index is 12.0. The summed E-state index contributed by atoms with van der Waals surface area (Å²) in [6, 6.07) is 21.3. The van der Waals surface area contributed by atoms with Crippen LogP contribution in [0.2, 0.25) is 0 Å². The zero-order valence-corrected chi connectivity index (χ0v) is 14.6. The van der Waals surface area contributed by atoms with Gasteiger partial charge in [0, 0.05) is 0 Å². The Bertz CT molecular complexity index is 976. The highest BCUT2D eigenvalue weighted by Gasteiger charge is 2.24. The smallest absolute Gasteiger partial charge is 0.363 e. The van der Waals surface area contributed by atoms with Crippen molar-refractivity contribution in [3.63, 3.8) is 0 Å². The van der Waals surface area contributed by atoms with E-state index >= 15 is 0 Å². The highest BCUT2D eigenvalue weighted by atomic mass is 32.1. The van der Waals surface area contributed by atoms with Crippen molar-refractivity contribution in [2.45, 2.75) is 6.61 Å². The molecule has 0 aliphatic carbocycles. The number of esters is 1. The Morgan fingerprint density at radius 3 is 2.73 bits per heavy atom. The first-order chi connectivity index (χ1) is 12.8. The van der Waals surface area contributed by atoms with Crippen LogP contribution in [0.1, 0.15) is 16.0 Å². The van der Waals surface area contributed by atoms with Crippen LogP contribution in [-0.2, 0) is 16.1 Å². The minimum Gasteiger partial charge on any atom is -0.489 e. The van der Waals surface area contributed by atoms with Crippen molar-refractivity contribution < 1.29 is 14.3 Å². The van der Waals surface area contributed by atoms with E-state index in [4.69, 9.17) is 9.47 Å². The standard InChI is InChI=1S/C21H15NO3S/c23-21-18(22-20(25-21)19-10-5-11-26-19)13-16-8-4-9-17(12-16)24-14-15-6-2-1-3-7-15/h1-13H,14H2/b18-13+. The van der Waals surface area contributed by atoms with Gasteiger partial charge in [0.15, 0.2) is 5.70 Å². The molecule has 26 heavy (non-hydrogen) atoms. The fourth-order valence-electron chi connectivity index (χ4n) is 2.51. The van der Waals surface area contributed by atoms with Crippen LogP contribution in [0.25, 0.3) is 6.08 Å². The minimum atomic E-state index is -0.441. The second-order valence-corrected chi connectivity index (χ2v) is 6.61. The highest BCUT2D eigenvalue weighted by Crippen LogP contribution is 2.23. The van der Waals surface area contributed by atoms with E-state index in [1.807, 2.05) is 72.1 Å². The summed E-state index contributed by atoms with van der Waals surface area (Å²) in [7, 11) is 0. The molecule has 3 aromatic rings. The average molecular weight is 361 g/mol. The van der Waals surface area contributed by atoms with Gasteiger partial charge in [0.2, 0.25) is 5.90 Å². The molecule has 0 amide bonds. The van der Waals surface area contributed by atoms with Crippen molar-refractivity contribution in [2.75, 3.05) is 0 Å². The van der Waals surface area contributed by atoms with Crippen LogP contribution in [0.3, 0.4) is 0 Å². The molecule has 1 aliphatic heterocycles. The van der Waals surface area contributed by atoms with Crippen molar-refractivity contribution in [1.82, 2.24) is 0 Å². The quantitative estimate of drug-likeness (QED) is 0.490. The molecular weight excluding hydrogens is 346 g/mol. The summed E-state index contributed by atoms with van der Waals surface area (Å²) in [5.74, 6) is 0.647. The number of carbonyl (C=O) groups excluding carboxylic acids is 1. The van der Waals surface area contributed by atoms with Crippen molar-refractivity contribution in [3.05, 3.63) is 93.8 Å². The summed E-state index contributed by atoms with van der Waals surface area (Å²) in [6.45, 7) is 0.490. The van der Waals surface area contributed by atoms with Crippen LogP contribution in [0, 0.1) is 0 Å². The van der Waals surface area contributed by atoms with E-state index in [0.29, 0.717) is 12.5 Å². The Hall–Kier alpha value is -3.18. The predicted molar refractivity (Wildman–Crippen MR) is 102 cm³/mol. The summed E-state index contributed by atoms with van der Waals surface area (Å²) in [6.07, 6.45) is 1.71. The first-order valence-electron chi connectivity index (χ1n) is 8.11. The number of hydrogen-bond acceptors (Lipinski definition) is 5. The Labute approximate surface area is 155 Å². The maximum atomic E-state index is 12.0. The lowest BCUT2D eigenvalue weighted by atomic mass is 10.2. The topological polar surface area (TPSA) is 47.9 Å². The van der Waals surface area contributed by atoms with Crippen LogP contribution in [0.5, 0.6) is 5.75 Å². The Morgan fingerprint density at radius 1 is 1.04 bits per heavy atom. The van der Waals surface area contributed by atoms with E-state index in [0.717, 1.165) is 21.8 Å². The first kappa shape index (κ1) is 16.3. The number of hydrogen-bond donors (Lipinski definition) is 0. The molecule has 2 aromatic carbocycles. The zero-order valence-electron chi connectivity index (χ0n) is 13.8. The van der Waals surface area contributed by atoms with Gasteiger partial charge in [-0.15, -0.1) is 11.3 Å². The number of ether oxygens (including phenoxy) is 2. The molecule has 128 valence electrons. The van der Waals surface area contributed by atoms with E-state index in [2.05, 4.69) is 4.99 Å². The van der Waals surface area contributed by atoms with E-state index < -0.39 is 5.97 Å². The number of benzene rings is 2. The molecule has 1 aromatic heterocycles. The largest absolute Gasteiger partial charge is 0.489 e. The number of nitrogens with zero attached hydrogens (tertiary/aromatic N) is 1. The van der Waals surface area contributed by atoms with Gasteiger partial charge in [-0.2, -0.15) is 0 Å². The fourth-order valence-corrected chi connectivity index (χ4v) is 3.16. The van der Waals surface area contributed by atoms with Crippen LogP contribution < -0.4 is 4.74 Å². The second kappa shape index (κ2) is 7.37. The third-order valence-corrected chi connectivity index (χ3v) is 4.62. The van der Waals surface area contributed by atoms with Gasteiger partial charge in [0.25, 0.3) is 0 Å². The van der Waals surface area contributed by atoms with E-state index in [9.17, 15) is 4.79 Å². The Balaban J connectivity index is 1.51. The molecule has 5 heteroatoms. The highest BCUT2D eigenvalue weighted by molar-refractivity contribution is 7.12. The number of carbonyl (C=O) groups is 1. The lowest BCUT2D eigenvalue weighted by molar-refractivity contribution is -0.129. The number of thiophene rings is 1. The van der Waals surface area contributed by atoms with Crippen LogP contribution in [-0.4, -0.2) is 11.9 Å². The summed E-state index contributed by atoms with van der Waals surface area (Å²) < 4.78 is 11.1. The van der Waals surface area contributed by atoms with Crippen molar-refractivity contribution in [1.29, 1.82) is 0 Å².